The smallest absolute Gasteiger partial charge is 0.256 e. The lowest BCUT2D eigenvalue weighted by Crippen LogP contribution is -2.17. The fourth-order valence-corrected chi connectivity index (χ4v) is 2.07. The van der Waals surface area contributed by atoms with E-state index in [9.17, 15) is 13.6 Å². The van der Waals surface area contributed by atoms with Gasteiger partial charge in [-0.1, -0.05) is 24.3 Å². The Morgan fingerprint density at radius 1 is 1.19 bits per heavy atom. The van der Waals surface area contributed by atoms with Crippen LogP contribution in [0.2, 0.25) is 0 Å². The Balaban J connectivity index is 2.33. The molecule has 1 amide bonds. The molecular formula is C16H16F2N2O. The van der Waals surface area contributed by atoms with Gasteiger partial charge in [0.15, 0.2) is 5.82 Å². The Morgan fingerprint density at radius 3 is 2.62 bits per heavy atom. The average molecular weight is 290 g/mol. The number of halogens is 2. The molecule has 5 heteroatoms. The highest BCUT2D eigenvalue weighted by atomic mass is 19.1. The van der Waals surface area contributed by atoms with Crippen LogP contribution in [-0.2, 0) is 6.42 Å². The van der Waals surface area contributed by atoms with Gasteiger partial charge >= 0.3 is 0 Å². The Kier molecular flexibility index (Phi) is 4.65. The van der Waals surface area contributed by atoms with E-state index in [0.717, 1.165) is 11.6 Å². The van der Waals surface area contributed by atoms with Gasteiger partial charge in [-0.05, 0) is 43.1 Å². The van der Waals surface area contributed by atoms with Crippen LogP contribution >= 0.6 is 0 Å². The Bertz CT molecular complexity index is 671. The number of amides is 1. The molecule has 0 aliphatic carbocycles. The molecule has 0 bridgehead atoms. The van der Waals surface area contributed by atoms with Crippen LogP contribution in [-0.4, -0.2) is 12.5 Å². The average Bonchev–Trinajstić information content (AvgIpc) is 2.48. The van der Waals surface area contributed by atoms with Crippen molar-refractivity contribution in [3.63, 3.8) is 0 Å². The second-order valence-corrected chi connectivity index (χ2v) is 4.70. The highest BCUT2D eigenvalue weighted by Gasteiger charge is 2.17. The molecule has 0 fully saturated rings. The number of rotatable bonds is 4. The molecule has 2 rings (SSSR count). The third-order valence-electron chi connectivity index (χ3n) is 3.20. The molecule has 0 heterocycles. The monoisotopic (exact) mass is 290 g/mol. The number of carbonyl (C=O) groups excluding carboxylic acids is 1. The summed E-state index contributed by atoms with van der Waals surface area (Å²) in [6, 6.07) is 9.30. The fraction of sp³-hybridized carbons (Fsp3) is 0.188. The first-order chi connectivity index (χ1) is 10.0. The topological polar surface area (TPSA) is 55.1 Å². The normalized spacial score (nSPS) is 10.5. The number of benzene rings is 2. The van der Waals surface area contributed by atoms with Gasteiger partial charge in [0, 0.05) is 5.56 Å². The van der Waals surface area contributed by atoms with Crippen molar-refractivity contribution in [2.75, 3.05) is 11.9 Å². The maximum absolute atomic E-state index is 13.9. The molecule has 0 saturated carbocycles. The molecule has 0 radical (unpaired) electrons. The number of carbonyl (C=O) groups is 1. The lowest BCUT2D eigenvalue weighted by molar-refractivity contribution is 0.102. The summed E-state index contributed by atoms with van der Waals surface area (Å²) in [5.74, 6) is -2.12. The van der Waals surface area contributed by atoms with Gasteiger partial charge in [-0.15, -0.1) is 0 Å². The number of hydrogen-bond acceptors (Lipinski definition) is 2. The second kappa shape index (κ2) is 6.45. The van der Waals surface area contributed by atoms with Crippen LogP contribution in [0.15, 0.2) is 36.4 Å². The third kappa shape index (κ3) is 3.25. The molecule has 110 valence electrons. The van der Waals surface area contributed by atoms with Crippen LogP contribution in [0.3, 0.4) is 0 Å². The van der Waals surface area contributed by atoms with Crippen molar-refractivity contribution in [3.8, 4) is 0 Å². The first-order valence-corrected chi connectivity index (χ1v) is 6.58. The van der Waals surface area contributed by atoms with Gasteiger partial charge in [0.2, 0.25) is 0 Å². The van der Waals surface area contributed by atoms with E-state index in [1.807, 2.05) is 0 Å². The molecule has 0 atom stereocenters. The summed E-state index contributed by atoms with van der Waals surface area (Å²) in [5, 5.41) is 2.30. The van der Waals surface area contributed by atoms with E-state index in [2.05, 4.69) is 5.32 Å². The third-order valence-corrected chi connectivity index (χ3v) is 3.20. The summed E-state index contributed by atoms with van der Waals surface area (Å²) in [7, 11) is 0. The Morgan fingerprint density at radius 2 is 1.90 bits per heavy atom. The number of hydrogen-bond donors (Lipinski definition) is 2. The summed E-state index contributed by atoms with van der Waals surface area (Å²) in [5.41, 5.74) is 6.44. The van der Waals surface area contributed by atoms with E-state index < -0.39 is 23.2 Å². The SMILES string of the molecule is Cc1ccc(F)c(NC(=O)c2ccccc2CCN)c1F. The number of nitrogens with two attached hydrogens (primary N) is 1. The summed E-state index contributed by atoms with van der Waals surface area (Å²) < 4.78 is 27.6. The number of anilines is 1. The first-order valence-electron chi connectivity index (χ1n) is 6.58. The van der Waals surface area contributed by atoms with Gasteiger partial charge in [0.1, 0.15) is 11.5 Å². The quantitative estimate of drug-likeness (QED) is 0.909. The van der Waals surface area contributed by atoms with Gasteiger partial charge in [-0.25, -0.2) is 8.78 Å². The highest BCUT2D eigenvalue weighted by molar-refractivity contribution is 6.05. The summed E-state index contributed by atoms with van der Waals surface area (Å²) in [6.07, 6.45) is 0.516. The molecule has 0 saturated heterocycles. The van der Waals surface area contributed by atoms with E-state index in [1.54, 1.807) is 24.3 Å². The van der Waals surface area contributed by atoms with Crippen LogP contribution < -0.4 is 11.1 Å². The lowest BCUT2D eigenvalue weighted by atomic mass is 10.0. The van der Waals surface area contributed by atoms with Crippen LogP contribution in [0.1, 0.15) is 21.5 Å². The maximum atomic E-state index is 13.9. The Labute approximate surface area is 121 Å². The molecule has 21 heavy (non-hydrogen) atoms. The molecule has 3 nitrogen and oxygen atoms in total. The van der Waals surface area contributed by atoms with E-state index >= 15 is 0 Å². The zero-order chi connectivity index (χ0) is 15.4. The minimum absolute atomic E-state index is 0.266. The number of nitrogens with one attached hydrogen (secondary N) is 1. The molecule has 0 spiro atoms. The van der Waals surface area contributed by atoms with Crippen LogP contribution in [0.5, 0.6) is 0 Å². The number of aryl methyl sites for hydroxylation is 1. The van der Waals surface area contributed by atoms with Crippen molar-refractivity contribution in [2.24, 2.45) is 5.73 Å². The molecule has 2 aromatic carbocycles. The largest absolute Gasteiger partial charge is 0.330 e. The minimum atomic E-state index is -0.803. The molecule has 2 aromatic rings. The molecule has 0 aliphatic heterocycles. The molecule has 0 aliphatic rings. The van der Waals surface area contributed by atoms with Crippen molar-refractivity contribution in [3.05, 3.63) is 64.7 Å². The minimum Gasteiger partial charge on any atom is -0.330 e. The predicted molar refractivity (Wildman–Crippen MR) is 78.2 cm³/mol. The lowest BCUT2D eigenvalue weighted by Gasteiger charge is -2.11. The molecule has 3 N–H and O–H groups in total. The van der Waals surface area contributed by atoms with Gasteiger partial charge in [-0.3, -0.25) is 4.79 Å². The maximum Gasteiger partial charge on any atom is 0.256 e. The van der Waals surface area contributed by atoms with Gasteiger partial charge in [0.25, 0.3) is 5.91 Å². The van der Waals surface area contributed by atoms with Gasteiger partial charge in [0.05, 0.1) is 0 Å². The van der Waals surface area contributed by atoms with Crippen LogP contribution in [0, 0.1) is 18.6 Å². The predicted octanol–water partition coefficient (Wildman–Crippen LogP) is 3.03. The van der Waals surface area contributed by atoms with E-state index in [0.29, 0.717) is 18.5 Å². The van der Waals surface area contributed by atoms with Gasteiger partial charge in [-0.2, -0.15) is 0 Å². The highest BCUT2D eigenvalue weighted by Crippen LogP contribution is 2.23. The standard InChI is InChI=1S/C16H16F2N2O/c1-10-6-7-13(17)15(14(10)18)20-16(21)12-5-3-2-4-11(12)8-9-19/h2-7H,8-9,19H2,1H3,(H,20,21). The van der Waals surface area contributed by atoms with Gasteiger partial charge < -0.3 is 11.1 Å². The second-order valence-electron chi connectivity index (χ2n) is 4.70. The van der Waals surface area contributed by atoms with Crippen molar-refractivity contribution < 1.29 is 13.6 Å². The van der Waals surface area contributed by atoms with Crippen LogP contribution in [0.4, 0.5) is 14.5 Å². The van der Waals surface area contributed by atoms with Crippen molar-refractivity contribution in [1.82, 2.24) is 0 Å². The van der Waals surface area contributed by atoms with Crippen molar-refractivity contribution in [1.29, 1.82) is 0 Å². The Hall–Kier alpha value is -2.27. The van der Waals surface area contributed by atoms with E-state index in [-0.39, 0.29) is 5.56 Å². The summed E-state index contributed by atoms with van der Waals surface area (Å²) in [4.78, 5) is 12.2. The van der Waals surface area contributed by atoms with E-state index in [4.69, 9.17) is 5.73 Å². The van der Waals surface area contributed by atoms with Crippen molar-refractivity contribution >= 4 is 11.6 Å². The fourth-order valence-electron chi connectivity index (χ4n) is 2.07. The zero-order valence-electron chi connectivity index (χ0n) is 11.6. The summed E-state index contributed by atoms with van der Waals surface area (Å²) >= 11 is 0. The zero-order valence-corrected chi connectivity index (χ0v) is 11.6. The molecule has 0 aromatic heterocycles. The first kappa shape index (κ1) is 15.1. The van der Waals surface area contributed by atoms with E-state index in [1.165, 1.54) is 13.0 Å². The van der Waals surface area contributed by atoms with Crippen LogP contribution in [0.25, 0.3) is 0 Å². The summed E-state index contributed by atoms with van der Waals surface area (Å²) in [6.45, 7) is 1.89. The van der Waals surface area contributed by atoms with Crippen molar-refractivity contribution in [2.45, 2.75) is 13.3 Å². The molecular weight excluding hydrogens is 274 g/mol. The molecule has 0 unspecified atom stereocenters.